The van der Waals surface area contributed by atoms with Crippen molar-refractivity contribution < 1.29 is 19.2 Å². The Hall–Kier alpha value is -3.44. The molecule has 4 amide bonds. The number of hydrogen-bond donors (Lipinski definition) is 2. The molecule has 2 saturated heterocycles. The molecule has 4 heterocycles. The average Bonchev–Trinajstić information content (AvgIpc) is 3.08. The Bertz CT molecular complexity index is 1180. The van der Waals surface area contributed by atoms with Crippen LogP contribution in [0.1, 0.15) is 52.0 Å². The van der Waals surface area contributed by atoms with Crippen LogP contribution in [-0.2, 0) is 16.1 Å². The summed E-state index contributed by atoms with van der Waals surface area (Å²) in [6.45, 7) is 2.12. The van der Waals surface area contributed by atoms with Gasteiger partial charge >= 0.3 is 0 Å². The highest BCUT2D eigenvalue weighted by atomic mass is 35.5. The molecule has 2 aromatic rings. The molecular formula is C22H22ClN7O4. The summed E-state index contributed by atoms with van der Waals surface area (Å²) in [5.41, 5.74) is 1.28. The van der Waals surface area contributed by atoms with Crippen molar-refractivity contribution in [1.29, 1.82) is 0 Å². The molecular weight excluding hydrogens is 462 g/mol. The van der Waals surface area contributed by atoms with E-state index in [2.05, 4.69) is 25.6 Å². The number of carbonyl (C=O) groups is 4. The standard InChI is InChI=1S/C22H22ClN7O4/c23-21-25-11-26-22(28-21)29(13-5-7-24-8-6-13)10-12-1-2-14-15(9-12)20(34)30(19(14)33)16-3-4-17(31)27-18(16)32/h1-2,9,11,13,16,24H,3-8,10H2,(H,27,31,32). The number of hydrogen-bond acceptors (Lipinski definition) is 9. The summed E-state index contributed by atoms with van der Waals surface area (Å²) in [4.78, 5) is 65.3. The lowest BCUT2D eigenvalue weighted by Gasteiger charge is -2.34. The fourth-order valence-corrected chi connectivity index (χ4v) is 4.82. The SMILES string of the molecule is O=C1CCC(N2C(=O)c3ccc(CN(c4ncnc(Cl)n4)C4CCNCC4)cc3C2=O)C(=O)N1. The van der Waals surface area contributed by atoms with Gasteiger partial charge in [0.15, 0.2) is 0 Å². The number of nitrogens with one attached hydrogen (secondary N) is 2. The highest BCUT2D eigenvalue weighted by Gasteiger charge is 2.44. The molecule has 3 aliphatic rings. The summed E-state index contributed by atoms with van der Waals surface area (Å²) in [6, 6.07) is 4.24. The minimum absolute atomic E-state index is 0.0781. The molecule has 1 aromatic heterocycles. The minimum atomic E-state index is -0.993. The van der Waals surface area contributed by atoms with Gasteiger partial charge in [0, 0.05) is 19.0 Å². The molecule has 0 bridgehead atoms. The lowest BCUT2D eigenvalue weighted by atomic mass is 10.0. The van der Waals surface area contributed by atoms with E-state index in [0.29, 0.717) is 12.5 Å². The maximum absolute atomic E-state index is 13.2. The van der Waals surface area contributed by atoms with Crippen molar-refractivity contribution >= 4 is 41.2 Å². The van der Waals surface area contributed by atoms with Gasteiger partial charge in [-0.2, -0.15) is 4.98 Å². The molecule has 5 rings (SSSR count). The number of halogens is 1. The van der Waals surface area contributed by atoms with Gasteiger partial charge in [-0.25, -0.2) is 9.97 Å². The van der Waals surface area contributed by atoms with Gasteiger partial charge in [-0.05, 0) is 61.6 Å². The summed E-state index contributed by atoms with van der Waals surface area (Å²) in [5, 5.41) is 5.64. The van der Waals surface area contributed by atoms with Crippen molar-refractivity contribution in [3.8, 4) is 0 Å². The molecule has 3 aliphatic heterocycles. The maximum atomic E-state index is 13.2. The van der Waals surface area contributed by atoms with Gasteiger partial charge in [-0.3, -0.25) is 29.4 Å². The number of aromatic nitrogens is 3. The number of nitrogens with zero attached hydrogens (tertiary/aromatic N) is 5. The molecule has 11 nitrogen and oxygen atoms in total. The molecule has 1 aromatic carbocycles. The second-order valence-corrected chi connectivity index (χ2v) is 8.83. The summed E-state index contributed by atoms with van der Waals surface area (Å²) in [7, 11) is 0. The highest BCUT2D eigenvalue weighted by molar-refractivity contribution is 6.28. The van der Waals surface area contributed by atoms with E-state index in [9.17, 15) is 19.2 Å². The van der Waals surface area contributed by atoms with E-state index >= 15 is 0 Å². The molecule has 2 fully saturated rings. The summed E-state index contributed by atoms with van der Waals surface area (Å²) in [5.74, 6) is -1.65. The molecule has 12 heteroatoms. The molecule has 34 heavy (non-hydrogen) atoms. The number of rotatable bonds is 5. The predicted octanol–water partition coefficient (Wildman–Crippen LogP) is 0.685. The molecule has 1 atom stereocenters. The fourth-order valence-electron chi connectivity index (χ4n) is 4.70. The molecule has 2 N–H and O–H groups in total. The van der Waals surface area contributed by atoms with E-state index in [1.165, 1.54) is 6.33 Å². The van der Waals surface area contributed by atoms with Crippen LogP contribution >= 0.6 is 11.6 Å². The molecule has 0 radical (unpaired) electrons. The largest absolute Gasteiger partial charge is 0.333 e. The molecule has 0 aliphatic carbocycles. The predicted molar refractivity (Wildman–Crippen MR) is 120 cm³/mol. The number of piperidine rings is 2. The number of benzene rings is 1. The minimum Gasteiger partial charge on any atom is -0.333 e. The van der Waals surface area contributed by atoms with Crippen LogP contribution in [0.4, 0.5) is 5.95 Å². The molecule has 0 spiro atoms. The Kier molecular flexibility index (Phi) is 5.96. The van der Waals surface area contributed by atoms with Crippen molar-refractivity contribution in [3.63, 3.8) is 0 Å². The van der Waals surface area contributed by atoms with Gasteiger partial charge in [0.05, 0.1) is 11.1 Å². The van der Waals surface area contributed by atoms with Crippen LogP contribution in [0.3, 0.4) is 0 Å². The molecule has 176 valence electrons. The maximum Gasteiger partial charge on any atom is 0.262 e. The van der Waals surface area contributed by atoms with Crippen LogP contribution in [0.15, 0.2) is 24.5 Å². The number of fused-ring (bicyclic) bond motifs is 1. The van der Waals surface area contributed by atoms with Crippen molar-refractivity contribution in [2.75, 3.05) is 18.0 Å². The van der Waals surface area contributed by atoms with E-state index in [0.717, 1.165) is 36.4 Å². The van der Waals surface area contributed by atoms with Crippen LogP contribution in [0.2, 0.25) is 5.28 Å². The summed E-state index contributed by atoms with van der Waals surface area (Å²) in [6.07, 6.45) is 3.33. The zero-order valence-electron chi connectivity index (χ0n) is 18.2. The second kappa shape index (κ2) is 9.07. The van der Waals surface area contributed by atoms with Crippen LogP contribution in [0.25, 0.3) is 0 Å². The molecule has 1 unspecified atom stereocenters. The topological polar surface area (TPSA) is 137 Å². The number of amides is 4. The van der Waals surface area contributed by atoms with Gasteiger partial charge < -0.3 is 10.2 Å². The van der Waals surface area contributed by atoms with E-state index in [1.807, 2.05) is 4.90 Å². The highest BCUT2D eigenvalue weighted by Crippen LogP contribution is 2.29. The summed E-state index contributed by atoms with van der Waals surface area (Å²) < 4.78 is 0. The van der Waals surface area contributed by atoms with Crippen LogP contribution in [0, 0.1) is 0 Å². The van der Waals surface area contributed by atoms with Crippen LogP contribution in [-0.4, -0.2) is 68.7 Å². The Morgan fingerprint density at radius 1 is 1.03 bits per heavy atom. The Morgan fingerprint density at radius 3 is 2.53 bits per heavy atom. The van der Waals surface area contributed by atoms with E-state index in [4.69, 9.17) is 11.6 Å². The van der Waals surface area contributed by atoms with Crippen molar-refractivity contribution in [3.05, 3.63) is 46.5 Å². The van der Waals surface area contributed by atoms with Crippen LogP contribution < -0.4 is 15.5 Å². The van der Waals surface area contributed by atoms with Crippen molar-refractivity contribution in [2.24, 2.45) is 0 Å². The average molecular weight is 484 g/mol. The third-order valence-electron chi connectivity index (χ3n) is 6.39. The smallest absolute Gasteiger partial charge is 0.262 e. The first kappa shape index (κ1) is 22.4. The zero-order valence-corrected chi connectivity index (χ0v) is 18.9. The van der Waals surface area contributed by atoms with Gasteiger partial charge in [0.25, 0.3) is 11.8 Å². The normalized spacial score (nSPS) is 21.0. The van der Waals surface area contributed by atoms with Gasteiger partial charge in [0.2, 0.25) is 23.0 Å². The quantitative estimate of drug-likeness (QED) is 0.588. The lowest BCUT2D eigenvalue weighted by molar-refractivity contribution is -0.136. The Morgan fingerprint density at radius 2 is 1.79 bits per heavy atom. The van der Waals surface area contributed by atoms with E-state index in [1.54, 1.807) is 18.2 Å². The van der Waals surface area contributed by atoms with Gasteiger partial charge in [-0.15, -0.1) is 0 Å². The fraction of sp³-hybridized carbons (Fsp3) is 0.409. The molecule has 0 saturated carbocycles. The first-order valence-electron chi connectivity index (χ1n) is 11.1. The van der Waals surface area contributed by atoms with Crippen LogP contribution in [0.5, 0.6) is 0 Å². The van der Waals surface area contributed by atoms with Gasteiger partial charge in [0.1, 0.15) is 12.4 Å². The number of carbonyl (C=O) groups excluding carboxylic acids is 4. The van der Waals surface area contributed by atoms with E-state index < -0.39 is 29.7 Å². The number of imide groups is 2. The monoisotopic (exact) mass is 483 g/mol. The zero-order chi connectivity index (χ0) is 23.8. The lowest BCUT2D eigenvalue weighted by Crippen LogP contribution is -2.54. The Labute approximate surface area is 199 Å². The van der Waals surface area contributed by atoms with Crippen molar-refractivity contribution in [1.82, 2.24) is 30.5 Å². The van der Waals surface area contributed by atoms with Crippen molar-refractivity contribution in [2.45, 2.75) is 44.3 Å². The van der Waals surface area contributed by atoms with Gasteiger partial charge in [-0.1, -0.05) is 6.07 Å². The first-order valence-corrected chi connectivity index (χ1v) is 11.5. The third kappa shape index (κ3) is 4.12. The van der Waals surface area contributed by atoms with E-state index in [-0.39, 0.29) is 35.3 Å². The second-order valence-electron chi connectivity index (χ2n) is 8.49. The Balaban J connectivity index is 1.42. The third-order valence-corrected chi connectivity index (χ3v) is 6.58. The number of anilines is 1. The first-order chi connectivity index (χ1) is 16.4. The summed E-state index contributed by atoms with van der Waals surface area (Å²) >= 11 is 6.01.